The fraction of sp³-hybridized carbons (Fsp3) is 0.160. The molecule has 3 aromatic carbocycles. The van der Waals surface area contributed by atoms with Gasteiger partial charge in [0.15, 0.2) is 11.5 Å². The summed E-state index contributed by atoms with van der Waals surface area (Å²) in [4.78, 5) is 0. The number of nitriles is 1. The van der Waals surface area contributed by atoms with E-state index < -0.39 is 5.92 Å². The zero-order valence-corrected chi connectivity index (χ0v) is 18.9. The van der Waals surface area contributed by atoms with Gasteiger partial charge in [-0.05, 0) is 52.2 Å². The van der Waals surface area contributed by atoms with Crippen LogP contribution in [0.15, 0.2) is 76.6 Å². The molecule has 0 saturated carbocycles. The van der Waals surface area contributed by atoms with Gasteiger partial charge in [-0.1, -0.05) is 36.4 Å². The van der Waals surface area contributed by atoms with Crippen molar-refractivity contribution in [3.8, 4) is 29.1 Å². The highest BCUT2D eigenvalue weighted by Gasteiger charge is 2.32. The van der Waals surface area contributed by atoms with Crippen LogP contribution in [-0.4, -0.2) is 11.7 Å². The highest BCUT2D eigenvalue weighted by Crippen LogP contribution is 2.47. The molecule has 162 valence electrons. The van der Waals surface area contributed by atoms with E-state index in [1.54, 1.807) is 12.1 Å². The number of phenols is 1. The van der Waals surface area contributed by atoms with Gasteiger partial charge >= 0.3 is 0 Å². The largest absolute Gasteiger partial charge is 0.508 e. The smallest absolute Gasteiger partial charge is 0.205 e. The first-order chi connectivity index (χ1) is 15.5. The number of nitrogens with zero attached hydrogens (tertiary/aromatic N) is 1. The van der Waals surface area contributed by atoms with E-state index in [1.807, 2.05) is 49.4 Å². The van der Waals surface area contributed by atoms with Gasteiger partial charge in [-0.25, -0.2) is 0 Å². The van der Waals surface area contributed by atoms with E-state index >= 15 is 0 Å². The molecule has 3 aromatic rings. The molecule has 0 radical (unpaired) electrons. The number of hydrogen-bond acceptors (Lipinski definition) is 6. The summed E-state index contributed by atoms with van der Waals surface area (Å²) in [5.41, 5.74) is 8.87. The SMILES string of the molecule is CCOc1cc([C@@H]2C(C#N)=C(N)Oc3cc(O)ccc32)cc(Br)c1OCc1ccccc1. The Morgan fingerprint density at radius 3 is 2.62 bits per heavy atom. The summed E-state index contributed by atoms with van der Waals surface area (Å²) in [5, 5.41) is 19.7. The molecular weight excluding hydrogens is 472 g/mol. The van der Waals surface area contributed by atoms with Crippen molar-refractivity contribution in [1.82, 2.24) is 0 Å². The normalized spacial score (nSPS) is 14.8. The minimum atomic E-state index is -0.483. The summed E-state index contributed by atoms with van der Waals surface area (Å²) >= 11 is 3.61. The monoisotopic (exact) mass is 492 g/mol. The molecule has 0 aromatic heterocycles. The lowest BCUT2D eigenvalue weighted by Crippen LogP contribution is -2.21. The zero-order chi connectivity index (χ0) is 22.7. The molecule has 0 amide bonds. The van der Waals surface area contributed by atoms with E-state index in [9.17, 15) is 10.4 Å². The molecule has 4 rings (SSSR count). The van der Waals surface area contributed by atoms with Crippen LogP contribution in [0.2, 0.25) is 0 Å². The Morgan fingerprint density at radius 1 is 1.12 bits per heavy atom. The number of benzene rings is 3. The molecule has 0 unspecified atom stereocenters. The number of hydrogen-bond donors (Lipinski definition) is 2. The first-order valence-corrected chi connectivity index (χ1v) is 10.8. The average Bonchev–Trinajstić information content (AvgIpc) is 2.78. The predicted molar refractivity (Wildman–Crippen MR) is 123 cm³/mol. The summed E-state index contributed by atoms with van der Waals surface area (Å²) in [6.07, 6.45) is 0. The maximum atomic E-state index is 9.86. The molecule has 0 bridgehead atoms. The summed E-state index contributed by atoms with van der Waals surface area (Å²) in [6.45, 7) is 2.72. The first-order valence-electron chi connectivity index (χ1n) is 10.0. The van der Waals surface area contributed by atoms with Crippen molar-refractivity contribution in [2.24, 2.45) is 5.73 Å². The van der Waals surface area contributed by atoms with Crippen molar-refractivity contribution in [3.05, 3.63) is 93.3 Å². The number of phenolic OH excluding ortho intramolecular Hbond substituents is 1. The molecule has 3 N–H and O–H groups in total. The van der Waals surface area contributed by atoms with Crippen LogP contribution >= 0.6 is 15.9 Å². The standard InChI is InChI=1S/C25H21BrN2O4/c1-2-30-22-11-16(10-20(26)24(22)31-14-15-6-4-3-5-7-15)23-18-9-8-17(29)12-21(18)32-25(28)19(23)13-27/h3-12,23,29H,2,14,28H2,1H3/t23-/m0/s1. The van der Waals surface area contributed by atoms with Crippen molar-refractivity contribution in [1.29, 1.82) is 5.26 Å². The average molecular weight is 493 g/mol. The van der Waals surface area contributed by atoms with E-state index in [0.29, 0.717) is 34.9 Å². The minimum absolute atomic E-state index is 0.00841. The molecular formula is C25H21BrN2O4. The third kappa shape index (κ3) is 4.23. The van der Waals surface area contributed by atoms with Gasteiger partial charge in [-0.15, -0.1) is 0 Å². The van der Waals surface area contributed by atoms with Gasteiger partial charge in [0.1, 0.15) is 29.7 Å². The summed E-state index contributed by atoms with van der Waals surface area (Å²) < 4.78 is 18.2. The van der Waals surface area contributed by atoms with Crippen molar-refractivity contribution in [2.45, 2.75) is 19.4 Å². The molecule has 1 atom stereocenters. The second-order valence-corrected chi connectivity index (χ2v) is 8.04. The maximum Gasteiger partial charge on any atom is 0.205 e. The Kier molecular flexibility index (Phi) is 6.24. The molecule has 1 aliphatic rings. The number of aromatic hydroxyl groups is 1. The Hall–Kier alpha value is -3.63. The van der Waals surface area contributed by atoms with E-state index in [0.717, 1.165) is 16.7 Å². The number of halogens is 1. The molecule has 1 aliphatic heterocycles. The van der Waals surface area contributed by atoms with Crippen molar-refractivity contribution < 1.29 is 19.3 Å². The van der Waals surface area contributed by atoms with Gasteiger partial charge in [0.05, 0.1) is 17.0 Å². The topological polar surface area (TPSA) is 97.7 Å². The van der Waals surface area contributed by atoms with Gasteiger partial charge in [0.2, 0.25) is 5.88 Å². The van der Waals surface area contributed by atoms with E-state index in [4.69, 9.17) is 19.9 Å². The van der Waals surface area contributed by atoms with Crippen molar-refractivity contribution in [3.63, 3.8) is 0 Å². The number of fused-ring (bicyclic) bond motifs is 1. The quantitative estimate of drug-likeness (QED) is 0.481. The lowest BCUT2D eigenvalue weighted by molar-refractivity contribution is 0.267. The lowest BCUT2D eigenvalue weighted by Gasteiger charge is -2.27. The molecule has 0 aliphatic carbocycles. The van der Waals surface area contributed by atoms with Gasteiger partial charge in [0, 0.05) is 11.6 Å². The minimum Gasteiger partial charge on any atom is -0.508 e. The van der Waals surface area contributed by atoms with Crippen LogP contribution in [0.1, 0.15) is 29.5 Å². The highest BCUT2D eigenvalue weighted by atomic mass is 79.9. The van der Waals surface area contributed by atoms with Gasteiger partial charge in [-0.2, -0.15) is 5.26 Å². The summed E-state index contributed by atoms with van der Waals surface area (Å²) in [6, 6.07) is 20.5. The molecule has 0 fully saturated rings. The third-order valence-electron chi connectivity index (χ3n) is 5.09. The molecule has 6 nitrogen and oxygen atoms in total. The van der Waals surface area contributed by atoms with Crippen LogP contribution in [0.3, 0.4) is 0 Å². The Labute approximate surface area is 194 Å². The first kappa shape index (κ1) is 21.6. The lowest BCUT2D eigenvalue weighted by atomic mass is 9.83. The van der Waals surface area contributed by atoms with E-state index in [1.165, 1.54) is 6.07 Å². The fourth-order valence-corrected chi connectivity index (χ4v) is 4.25. The maximum absolute atomic E-state index is 9.86. The second-order valence-electron chi connectivity index (χ2n) is 7.18. The molecule has 32 heavy (non-hydrogen) atoms. The number of ether oxygens (including phenoxy) is 3. The number of allylic oxidation sites excluding steroid dienone is 1. The predicted octanol–water partition coefficient (Wildman–Crippen LogP) is 5.35. The van der Waals surface area contributed by atoms with Gasteiger partial charge in [0.25, 0.3) is 0 Å². The fourth-order valence-electron chi connectivity index (χ4n) is 3.67. The molecule has 1 heterocycles. The second kappa shape index (κ2) is 9.25. The van der Waals surface area contributed by atoms with Crippen LogP contribution in [0.5, 0.6) is 23.0 Å². The van der Waals surface area contributed by atoms with Gasteiger partial charge < -0.3 is 25.1 Å². The molecule has 7 heteroatoms. The third-order valence-corrected chi connectivity index (χ3v) is 5.68. The van der Waals surface area contributed by atoms with Crippen LogP contribution in [0, 0.1) is 11.3 Å². The van der Waals surface area contributed by atoms with Crippen LogP contribution in [0.4, 0.5) is 0 Å². The molecule has 0 saturated heterocycles. The van der Waals surface area contributed by atoms with E-state index in [2.05, 4.69) is 22.0 Å². The Morgan fingerprint density at radius 2 is 1.91 bits per heavy atom. The Bertz CT molecular complexity index is 1220. The van der Waals surface area contributed by atoms with Crippen LogP contribution in [-0.2, 0) is 6.61 Å². The van der Waals surface area contributed by atoms with Crippen LogP contribution in [0.25, 0.3) is 0 Å². The van der Waals surface area contributed by atoms with Crippen LogP contribution < -0.4 is 19.9 Å². The van der Waals surface area contributed by atoms with Crippen molar-refractivity contribution in [2.75, 3.05) is 6.61 Å². The number of rotatable bonds is 6. The van der Waals surface area contributed by atoms with Gasteiger partial charge in [-0.3, -0.25) is 0 Å². The van der Waals surface area contributed by atoms with Crippen molar-refractivity contribution >= 4 is 15.9 Å². The summed E-state index contributed by atoms with van der Waals surface area (Å²) in [5.74, 6) is 1.11. The summed E-state index contributed by atoms with van der Waals surface area (Å²) in [7, 11) is 0. The number of nitrogens with two attached hydrogens (primary N) is 1. The molecule has 0 spiro atoms. The highest BCUT2D eigenvalue weighted by molar-refractivity contribution is 9.10. The zero-order valence-electron chi connectivity index (χ0n) is 17.3. The van der Waals surface area contributed by atoms with E-state index in [-0.39, 0.29) is 17.2 Å². The Balaban J connectivity index is 1.78.